The topological polar surface area (TPSA) is 122 Å². The molecular formula is C16H19NO7. The third-order valence-corrected chi connectivity index (χ3v) is 3.10. The monoisotopic (exact) mass is 337 g/mol. The summed E-state index contributed by atoms with van der Waals surface area (Å²) in [5.74, 6) is -2.02. The molecule has 0 saturated heterocycles. The minimum Gasteiger partial charge on any atom is -0.493 e. The molecule has 0 aliphatic carbocycles. The maximum atomic E-state index is 11.8. The van der Waals surface area contributed by atoms with Gasteiger partial charge in [0.1, 0.15) is 6.04 Å². The third kappa shape index (κ3) is 5.99. The number of rotatable bonds is 9. The highest BCUT2D eigenvalue weighted by atomic mass is 16.5. The molecule has 3 N–H and O–H groups in total. The van der Waals surface area contributed by atoms with Crippen molar-refractivity contribution in [3.05, 3.63) is 29.8 Å². The van der Waals surface area contributed by atoms with Gasteiger partial charge in [0.25, 0.3) is 0 Å². The van der Waals surface area contributed by atoms with E-state index in [1.807, 2.05) is 0 Å². The number of benzene rings is 1. The summed E-state index contributed by atoms with van der Waals surface area (Å²) >= 11 is 0. The number of aliphatic carboxylic acids is 2. The molecule has 8 heteroatoms. The van der Waals surface area contributed by atoms with Gasteiger partial charge in [-0.3, -0.25) is 9.59 Å². The van der Waals surface area contributed by atoms with Crippen LogP contribution < -0.4 is 14.8 Å². The fraction of sp³-hybridized carbons (Fsp3) is 0.312. The Kier molecular flexibility index (Phi) is 7.28. The second-order valence-corrected chi connectivity index (χ2v) is 4.78. The van der Waals surface area contributed by atoms with Gasteiger partial charge in [0.2, 0.25) is 5.91 Å². The second kappa shape index (κ2) is 9.19. The lowest BCUT2D eigenvalue weighted by molar-refractivity contribution is -0.142. The molecule has 0 saturated carbocycles. The van der Waals surface area contributed by atoms with E-state index in [0.717, 1.165) is 6.08 Å². The Hall–Kier alpha value is -3.03. The molecule has 0 bridgehead atoms. The zero-order valence-electron chi connectivity index (χ0n) is 13.3. The molecule has 1 aromatic carbocycles. The molecule has 0 aromatic heterocycles. The lowest BCUT2D eigenvalue weighted by atomic mass is 10.1. The molecule has 1 amide bonds. The first-order chi connectivity index (χ1) is 11.4. The maximum Gasteiger partial charge on any atom is 0.326 e. The minimum atomic E-state index is -1.29. The number of hydrogen-bond donors (Lipinski definition) is 3. The summed E-state index contributed by atoms with van der Waals surface area (Å²) < 4.78 is 10.2. The molecule has 0 heterocycles. The maximum absolute atomic E-state index is 11.8. The van der Waals surface area contributed by atoms with Gasteiger partial charge in [-0.05, 0) is 30.2 Å². The molecule has 1 rings (SSSR count). The van der Waals surface area contributed by atoms with Crippen LogP contribution in [-0.2, 0) is 14.4 Å². The standard InChI is InChI=1S/C16H19NO7/c1-23-12-6-3-10(9-13(12)24-2)4-7-14(18)17-11(16(21)22)5-8-15(19)20/h3-4,6-7,9,11H,5,8H2,1-2H3,(H,17,18)(H,19,20)(H,21,22)/b7-4+. The lowest BCUT2D eigenvalue weighted by Gasteiger charge is -2.11. The van der Waals surface area contributed by atoms with E-state index in [9.17, 15) is 14.4 Å². The first-order valence-electron chi connectivity index (χ1n) is 7.02. The Labute approximate surface area is 138 Å². The van der Waals surface area contributed by atoms with Crippen LogP contribution in [0.4, 0.5) is 0 Å². The second-order valence-electron chi connectivity index (χ2n) is 4.78. The van der Waals surface area contributed by atoms with E-state index >= 15 is 0 Å². The Morgan fingerprint density at radius 3 is 2.38 bits per heavy atom. The summed E-state index contributed by atoms with van der Waals surface area (Å²) in [6.07, 6.45) is 2.10. The van der Waals surface area contributed by atoms with Crippen molar-refractivity contribution in [1.82, 2.24) is 5.32 Å². The van der Waals surface area contributed by atoms with E-state index in [-0.39, 0.29) is 12.8 Å². The zero-order valence-corrected chi connectivity index (χ0v) is 13.3. The molecular weight excluding hydrogens is 318 g/mol. The summed E-state index contributed by atoms with van der Waals surface area (Å²) in [7, 11) is 2.99. The van der Waals surface area contributed by atoms with Gasteiger partial charge in [-0.25, -0.2) is 4.79 Å². The first-order valence-corrected chi connectivity index (χ1v) is 7.02. The summed E-state index contributed by atoms with van der Waals surface area (Å²) in [6.45, 7) is 0. The van der Waals surface area contributed by atoms with E-state index in [1.54, 1.807) is 18.2 Å². The number of carbonyl (C=O) groups excluding carboxylic acids is 1. The molecule has 130 valence electrons. The predicted molar refractivity (Wildman–Crippen MR) is 85.0 cm³/mol. The Bertz CT molecular complexity index is 639. The van der Waals surface area contributed by atoms with Gasteiger partial charge in [-0.2, -0.15) is 0 Å². The quantitative estimate of drug-likeness (QED) is 0.578. The van der Waals surface area contributed by atoms with Crippen molar-refractivity contribution in [2.75, 3.05) is 14.2 Å². The number of ether oxygens (including phenoxy) is 2. The normalized spacial score (nSPS) is 11.8. The number of amides is 1. The van der Waals surface area contributed by atoms with Crippen LogP contribution in [0.3, 0.4) is 0 Å². The van der Waals surface area contributed by atoms with Gasteiger partial charge in [0.05, 0.1) is 14.2 Å². The SMILES string of the molecule is COc1ccc(/C=C/C(=O)NC(CCC(=O)O)C(=O)O)cc1OC. The molecule has 1 atom stereocenters. The minimum absolute atomic E-state index is 0.194. The molecule has 0 aliphatic rings. The van der Waals surface area contributed by atoms with Crippen LogP contribution in [0.1, 0.15) is 18.4 Å². The Morgan fingerprint density at radius 1 is 1.17 bits per heavy atom. The van der Waals surface area contributed by atoms with Crippen LogP contribution in [-0.4, -0.2) is 48.3 Å². The third-order valence-electron chi connectivity index (χ3n) is 3.10. The van der Waals surface area contributed by atoms with E-state index in [0.29, 0.717) is 17.1 Å². The Balaban J connectivity index is 2.73. The van der Waals surface area contributed by atoms with Crippen LogP contribution in [0, 0.1) is 0 Å². The van der Waals surface area contributed by atoms with E-state index in [2.05, 4.69) is 5.32 Å². The van der Waals surface area contributed by atoms with Gasteiger partial charge in [-0.1, -0.05) is 6.07 Å². The smallest absolute Gasteiger partial charge is 0.326 e. The summed E-state index contributed by atoms with van der Waals surface area (Å²) in [5.41, 5.74) is 0.653. The van der Waals surface area contributed by atoms with Crippen LogP contribution in [0.25, 0.3) is 6.08 Å². The predicted octanol–water partition coefficient (Wildman–Crippen LogP) is 1.15. The van der Waals surface area contributed by atoms with Gasteiger partial charge in [-0.15, -0.1) is 0 Å². The van der Waals surface area contributed by atoms with Crippen molar-refractivity contribution >= 4 is 23.9 Å². The van der Waals surface area contributed by atoms with Crippen molar-refractivity contribution in [3.63, 3.8) is 0 Å². The number of hydrogen-bond acceptors (Lipinski definition) is 5. The number of methoxy groups -OCH3 is 2. The first kappa shape index (κ1) is 19.0. The summed E-state index contributed by atoms with van der Waals surface area (Å²) in [4.78, 5) is 33.3. The van der Waals surface area contributed by atoms with Gasteiger partial charge in [0.15, 0.2) is 11.5 Å². The van der Waals surface area contributed by atoms with Crippen LogP contribution in [0.5, 0.6) is 11.5 Å². The molecule has 24 heavy (non-hydrogen) atoms. The van der Waals surface area contributed by atoms with Gasteiger partial charge >= 0.3 is 11.9 Å². The van der Waals surface area contributed by atoms with Crippen LogP contribution >= 0.6 is 0 Å². The van der Waals surface area contributed by atoms with Gasteiger partial charge in [0, 0.05) is 12.5 Å². The number of carbonyl (C=O) groups is 3. The highest BCUT2D eigenvalue weighted by molar-refractivity contribution is 5.94. The van der Waals surface area contributed by atoms with E-state index in [1.165, 1.54) is 20.3 Å². The molecule has 0 radical (unpaired) electrons. The number of nitrogens with one attached hydrogen (secondary N) is 1. The molecule has 8 nitrogen and oxygen atoms in total. The average molecular weight is 337 g/mol. The van der Waals surface area contributed by atoms with E-state index < -0.39 is 23.9 Å². The highest BCUT2D eigenvalue weighted by Gasteiger charge is 2.19. The van der Waals surface area contributed by atoms with Crippen molar-refractivity contribution in [1.29, 1.82) is 0 Å². The van der Waals surface area contributed by atoms with Crippen molar-refractivity contribution < 1.29 is 34.1 Å². The van der Waals surface area contributed by atoms with Gasteiger partial charge < -0.3 is 25.0 Å². The fourth-order valence-electron chi connectivity index (χ4n) is 1.87. The van der Waals surface area contributed by atoms with Crippen molar-refractivity contribution in [2.24, 2.45) is 0 Å². The summed E-state index contributed by atoms with van der Waals surface area (Å²) in [6, 6.07) is 3.76. The highest BCUT2D eigenvalue weighted by Crippen LogP contribution is 2.27. The summed E-state index contributed by atoms with van der Waals surface area (Å²) in [5, 5.41) is 19.8. The fourth-order valence-corrected chi connectivity index (χ4v) is 1.87. The Morgan fingerprint density at radius 2 is 1.83 bits per heavy atom. The average Bonchev–Trinajstić information content (AvgIpc) is 2.55. The molecule has 0 spiro atoms. The molecule has 0 fully saturated rings. The molecule has 1 aromatic rings. The molecule has 1 unspecified atom stereocenters. The van der Waals surface area contributed by atoms with E-state index in [4.69, 9.17) is 19.7 Å². The van der Waals surface area contributed by atoms with Crippen LogP contribution in [0.15, 0.2) is 24.3 Å². The van der Waals surface area contributed by atoms with Crippen molar-refractivity contribution in [2.45, 2.75) is 18.9 Å². The van der Waals surface area contributed by atoms with Crippen LogP contribution in [0.2, 0.25) is 0 Å². The zero-order chi connectivity index (χ0) is 18.1. The van der Waals surface area contributed by atoms with Crippen molar-refractivity contribution in [3.8, 4) is 11.5 Å². The number of carboxylic acid groups (broad SMARTS) is 2. The number of carboxylic acids is 2. The molecule has 0 aliphatic heterocycles. The lowest BCUT2D eigenvalue weighted by Crippen LogP contribution is -2.40. The largest absolute Gasteiger partial charge is 0.493 e.